The Morgan fingerprint density at radius 3 is 2.43 bits per heavy atom. The summed E-state index contributed by atoms with van der Waals surface area (Å²) in [6.45, 7) is 9.38. The van der Waals surface area contributed by atoms with E-state index in [4.69, 9.17) is 0 Å². The van der Waals surface area contributed by atoms with Crippen LogP contribution in [0.25, 0.3) is 11.0 Å². The van der Waals surface area contributed by atoms with Crippen molar-refractivity contribution in [3.05, 3.63) is 53.2 Å². The summed E-state index contributed by atoms with van der Waals surface area (Å²) in [6, 6.07) is 10.2. The molecular weight excluding hydrogens is 380 g/mol. The van der Waals surface area contributed by atoms with Crippen molar-refractivity contribution in [3.8, 4) is 0 Å². The number of aromatic nitrogens is 4. The van der Waals surface area contributed by atoms with E-state index >= 15 is 0 Å². The first-order valence-electron chi connectivity index (χ1n) is 10.4. The molecule has 1 aliphatic rings. The predicted octanol–water partition coefficient (Wildman–Crippen LogP) is 2.09. The molecule has 0 bridgehead atoms. The molecule has 1 saturated heterocycles. The highest BCUT2D eigenvalue weighted by Gasteiger charge is 2.22. The number of carbonyl (C=O) groups excluding carboxylic acids is 1. The van der Waals surface area contributed by atoms with Crippen LogP contribution in [0.1, 0.15) is 27.2 Å². The Bertz CT molecular complexity index is 1090. The SMILES string of the molecule is CC(C)(C)n1ncc2c(=O)n(CCC(=O)N3CCN(c4ccccc4)CC3)cnc21. The second-order valence-corrected chi connectivity index (χ2v) is 8.66. The van der Waals surface area contributed by atoms with E-state index in [2.05, 4.69) is 27.1 Å². The normalized spacial score (nSPS) is 15.0. The van der Waals surface area contributed by atoms with Crippen LogP contribution >= 0.6 is 0 Å². The van der Waals surface area contributed by atoms with Crippen LogP contribution in [0.15, 0.2) is 47.7 Å². The van der Waals surface area contributed by atoms with Gasteiger partial charge in [0.1, 0.15) is 5.39 Å². The monoisotopic (exact) mass is 408 g/mol. The van der Waals surface area contributed by atoms with E-state index in [0.717, 1.165) is 13.1 Å². The fraction of sp³-hybridized carbons (Fsp3) is 0.455. The summed E-state index contributed by atoms with van der Waals surface area (Å²) < 4.78 is 3.26. The first kappa shape index (κ1) is 20.1. The van der Waals surface area contributed by atoms with Crippen LogP contribution in [0.5, 0.6) is 0 Å². The largest absolute Gasteiger partial charge is 0.368 e. The lowest BCUT2D eigenvalue weighted by Crippen LogP contribution is -2.49. The maximum absolute atomic E-state index is 12.8. The molecule has 0 unspecified atom stereocenters. The first-order valence-corrected chi connectivity index (χ1v) is 10.4. The summed E-state index contributed by atoms with van der Waals surface area (Å²) >= 11 is 0. The maximum atomic E-state index is 12.8. The third-order valence-electron chi connectivity index (χ3n) is 5.51. The third kappa shape index (κ3) is 3.94. The van der Waals surface area contributed by atoms with Gasteiger partial charge >= 0.3 is 0 Å². The van der Waals surface area contributed by atoms with Crippen LogP contribution in [0.2, 0.25) is 0 Å². The quantitative estimate of drug-likeness (QED) is 0.661. The van der Waals surface area contributed by atoms with Gasteiger partial charge in [-0.1, -0.05) is 18.2 Å². The molecule has 0 saturated carbocycles. The molecule has 0 radical (unpaired) electrons. The molecular formula is C22H28N6O2. The summed E-state index contributed by atoms with van der Waals surface area (Å²) in [5.41, 5.74) is 1.35. The minimum Gasteiger partial charge on any atom is -0.368 e. The predicted molar refractivity (Wildman–Crippen MR) is 117 cm³/mol. The molecule has 1 aliphatic heterocycles. The van der Waals surface area contributed by atoms with Gasteiger partial charge in [-0.25, -0.2) is 9.67 Å². The van der Waals surface area contributed by atoms with E-state index in [1.165, 1.54) is 16.6 Å². The number of hydrogen-bond donors (Lipinski definition) is 0. The van der Waals surface area contributed by atoms with E-state index in [9.17, 15) is 9.59 Å². The standard InChI is InChI=1S/C22H28N6O2/c1-22(2,3)28-20-18(15-24-28)21(30)27(16-23-20)10-9-19(29)26-13-11-25(12-14-26)17-7-5-4-6-8-17/h4-8,15-16H,9-14H2,1-3H3. The smallest absolute Gasteiger partial charge is 0.264 e. The number of nitrogens with zero attached hydrogens (tertiary/aromatic N) is 6. The topological polar surface area (TPSA) is 76.3 Å². The molecule has 8 heteroatoms. The minimum absolute atomic E-state index is 0.0695. The number of fused-ring (bicyclic) bond motifs is 1. The second-order valence-electron chi connectivity index (χ2n) is 8.66. The average molecular weight is 409 g/mol. The zero-order chi connectivity index (χ0) is 21.3. The molecule has 30 heavy (non-hydrogen) atoms. The third-order valence-corrected chi connectivity index (χ3v) is 5.51. The van der Waals surface area contributed by atoms with Gasteiger partial charge in [0.2, 0.25) is 5.91 Å². The number of amides is 1. The molecule has 1 amide bonds. The van der Waals surface area contributed by atoms with Crippen molar-refractivity contribution in [2.45, 2.75) is 39.3 Å². The Hall–Kier alpha value is -3.16. The molecule has 8 nitrogen and oxygen atoms in total. The highest BCUT2D eigenvalue weighted by molar-refractivity contribution is 5.77. The van der Waals surface area contributed by atoms with Gasteiger partial charge in [0.15, 0.2) is 5.65 Å². The molecule has 1 fully saturated rings. The lowest BCUT2D eigenvalue weighted by Gasteiger charge is -2.36. The van der Waals surface area contributed by atoms with E-state index in [1.807, 2.05) is 43.9 Å². The minimum atomic E-state index is -0.259. The van der Waals surface area contributed by atoms with Crippen molar-refractivity contribution in [3.63, 3.8) is 0 Å². The summed E-state index contributed by atoms with van der Waals surface area (Å²) in [5, 5.41) is 4.81. The van der Waals surface area contributed by atoms with Gasteiger partial charge in [-0.15, -0.1) is 0 Å². The van der Waals surface area contributed by atoms with E-state index in [1.54, 1.807) is 10.9 Å². The van der Waals surface area contributed by atoms with Crippen molar-refractivity contribution in [1.29, 1.82) is 0 Å². The number of anilines is 1. The highest BCUT2D eigenvalue weighted by atomic mass is 16.2. The molecule has 4 rings (SSSR count). The molecule has 3 aromatic rings. The summed E-state index contributed by atoms with van der Waals surface area (Å²) in [4.78, 5) is 34.1. The second kappa shape index (κ2) is 7.93. The first-order chi connectivity index (χ1) is 14.3. The van der Waals surface area contributed by atoms with Crippen molar-refractivity contribution >= 4 is 22.6 Å². The summed E-state index contributed by atoms with van der Waals surface area (Å²) in [6.07, 6.45) is 3.37. The van der Waals surface area contributed by atoms with Gasteiger partial charge in [0, 0.05) is 44.8 Å². The molecule has 2 aromatic heterocycles. The van der Waals surface area contributed by atoms with Gasteiger partial charge in [-0.2, -0.15) is 5.10 Å². The highest BCUT2D eigenvalue weighted by Crippen LogP contribution is 2.18. The zero-order valence-electron chi connectivity index (χ0n) is 17.8. The molecule has 0 spiro atoms. The molecule has 3 heterocycles. The maximum Gasteiger partial charge on any atom is 0.264 e. The van der Waals surface area contributed by atoms with Crippen LogP contribution < -0.4 is 10.5 Å². The summed E-state index contributed by atoms with van der Waals surface area (Å²) in [5.74, 6) is 0.0695. The van der Waals surface area contributed by atoms with Crippen LogP contribution in [0.4, 0.5) is 5.69 Å². The number of benzene rings is 1. The fourth-order valence-electron chi connectivity index (χ4n) is 3.83. The molecule has 0 aliphatic carbocycles. The van der Waals surface area contributed by atoms with Gasteiger partial charge in [0.05, 0.1) is 18.1 Å². The van der Waals surface area contributed by atoms with Crippen molar-refractivity contribution in [2.24, 2.45) is 0 Å². The molecule has 0 N–H and O–H groups in total. The van der Waals surface area contributed by atoms with E-state index < -0.39 is 0 Å². The Morgan fingerprint density at radius 2 is 1.77 bits per heavy atom. The molecule has 0 atom stereocenters. The van der Waals surface area contributed by atoms with Crippen LogP contribution in [-0.2, 0) is 16.9 Å². The Kier molecular flexibility index (Phi) is 5.32. The summed E-state index contributed by atoms with van der Waals surface area (Å²) in [7, 11) is 0. The van der Waals surface area contributed by atoms with Gasteiger partial charge in [-0.3, -0.25) is 14.2 Å². The number of piperazine rings is 1. The van der Waals surface area contributed by atoms with Crippen molar-refractivity contribution in [1.82, 2.24) is 24.2 Å². The van der Waals surface area contributed by atoms with Gasteiger partial charge in [0.25, 0.3) is 5.56 Å². The molecule has 158 valence electrons. The molecule has 1 aromatic carbocycles. The number of para-hydroxylation sites is 1. The Labute approximate surface area is 175 Å². The van der Waals surface area contributed by atoms with Gasteiger partial charge in [-0.05, 0) is 32.9 Å². The van der Waals surface area contributed by atoms with Crippen LogP contribution in [0, 0.1) is 0 Å². The van der Waals surface area contributed by atoms with Crippen molar-refractivity contribution in [2.75, 3.05) is 31.1 Å². The Morgan fingerprint density at radius 1 is 1.07 bits per heavy atom. The van der Waals surface area contributed by atoms with Crippen molar-refractivity contribution < 1.29 is 4.79 Å². The van der Waals surface area contributed by atoms with Gasteiger partial charge < -0.3 is 9.80 Å². The number of carbonyl (C=O) groups is 1. The van der Waals surface area contributed by atoms with Crippen LogP contribution in [0.3, 0.4) is 0 Å². The Balaban J connectivity index is 1.38. The number of aryl methyl sites for hydroxylation is 1. The number of hydrogen-bond acceptors (Lipinski definition) is 5. The van der Waals surface area contributed by atoms with Crippen LogP contribution in [-0.4, -0.2) is 56.3 Å². The van der Waals surface area contributed by atoms with E-state index in [0.29, 0.717) is 30.7 Å². The lowest BCUT2D eigenvalue weighted by atomic mass is 10.1. The average Bonchev–Trinajstić information content (AvgIpc) is 3.19. The number of rotatable bonds is 4. The zero-order valence-corrected chi connectivity index (χ0v) is 17.8. The fourth-order valence-corrected chi connectivity index (χ4v) is 3.83. The van der Waals surface area contributed by atoms with E-state index in [-0.39, 0.29) is 23.4 Å². The lowest BCUT2D eigenvalue weighted by molar-refractivity contribution is -0.131.